The van der Waals surface area contributed by atoms with Crippen molar-refractivity contribution in [1.29, 1.82) is 0 Å². The Morgan fingerprint density at radius 3 is 2.50 bits per heavy atom. The molecule has 1 saturated carbocycles. The fourth-order valence-corrected chi connectivity index (χ4v) is 2.66. The lowest BCUT2D eigenvalue weighted by atomic mass is 10.2. The number of rotatable bonds is 2. The van der Waals surface area contributed by atoms with Gasteiger partial charge in [0.2, 0.25) is 5.91 Å². The molecule has 1 aromatic carbocycles. The molecule has 0 bridgehead atoms. The van der Waals surface area contributed by atoms with E-state index in [1.54, 1.807) is 29.2 Å². The van der Waals surface area contributed by atoms with Gasteiger partial charge in [0.05, 0.1) is 0 Å². The molecular formula is C12H13NO3. The van der Waals surface area contributed by atoms with Crippen molar-refractivity contribution >= 4 is 11.6 Å². The van der Waals surface area contributed by atoms with Crippen LogP contribution in [0.3, 0.4) is 0 Å². The van der Waals surface area contributed by atoms with E-state index in [1.807, 2.05) is 0 Å². The molecule has 4 heteroatoms. The molecule has 0 radical (unpaired) electrons. The number of phenols is 1. The van der Waals surface area contributed by atoms with E-state index in [0.717, 1.165) is 5.69 Å². The van der Waals surface area contributed by atoms with Crippen molar-refractivity contribution < 1.29 is 15.0 Å². The molecule has 2 aliphatic rings. The summed E-state index contributed by atoms with van der Waals surface area (Å²) in [6.45, 7) is 0.810. The smallest absolute Gasteiger partial charge is 0.230 e. The fourth-order valence-electron chi connectivity index (χ4n) is 2.66. The average Bonchev–Trinajstić information content (AvgIpc) is 2.90. The quantitative estimate of drug-likeness (QED) is 0.765. The van der Waals surface area contributed by atoms with Gasteiger partial charge in [-0.2, -0.15) is 0 Å². The zero-order valence-corrected chi connectivity index (χ0v) is 8.71. The van der Waals surface area contributed by atoms with Gasteiger partial charge < -0.3 is 15.1 Å². The van der Waals surface area contributed by atoms with Crippen LogP contribution in [-0.2, 0) is 4.79 Å². The molecule has 3 atom stereocenters. The number of hydrogen-bond donors (Lipinski definition) is 2. The highest BCUT2D eigenvalue weighted by Crippen LogP contribution is 2.52. The molecule has 3 unspecified atom stereocenters. The van der Waals surface area contributed by atoms with Crippen molar-refractivity contribution in [1.82, 2.24) is 0 Å². The number of aliphatic hydroxyl groups excluding tert-OH is 1. The summed E-state index contributed by atoms with van der Waals surface area (Å²) in [6.07, 6.45) is 0. The fraction of sp³-hybridized carbons (Fsp3) is 0.417. The lowest BCUT2D eigenvalue weighted by molar-refractivity contribution is -0.119. The van der Waals surface area contributed by atoms with Crippen molar-refractivity contribution in [3.05, 3.63) is 24.3 Å². The highest BCUT2D eigenvalue weighted by atomic mass is 16.3. The molecule has 3 rings (SSSR count). The zero-order chi connectivity index (χ0) is 11.3. The number of fused-ring (bicyclic) bond motifs is 1. The van der Waals surface area contributed by atoms with Gasteiger partial charge in [0.25, 0.3) is 0 Å². The van der Waals surface area contributed by atoms with Gasteiger partial charge in [-0.05, 0) is 36.1 Å². The van der Waals surface area contributed by atoms with Crippen LogP contribution in [0.1, 0.15) is 0 Å². The predicted molar refractivity (Wildman–Crippen MR) is 58.0 cm³/mol. The molecule has 0 aromatic heterocycles. The van der Waals surface area contributed by atoms with Crippen molar-refractivity contribution in [2.75, 3.05) is 18.1 Å². The molecule has 2 N–H and O–H groups in total. The number of nitrogens with zero attached hydrogens (tertiary/aromatic N) is 1. The normalized spacial score (nSPS) is 31.7. The van der Waals surface area contributed by atoms with Crippen molar-refractivity contribution in [2.24, 2.45) is 17.8 Å². The maximum absolute atomic E-state index is 12.0. The summed E-state index contributed by atoms with van der Waals surface area (Å²) in [5, 5.41) is 18.2. The van der Waals surface area contributed by atoms with Gasteiger partial charge >= 0.3 is 0 Å². The van der Waals surface area contributed by atoms with E-state index in [9.17, 15) is 4.79 Å². The van der Waals surface area contributed by atoms with Crippen LogP contribution in [0.5, 0.6) is 5.75 Å². The minimum Gasteiger partial charge on any atom is -0.508 e. The van der Waals surface area contributed by atoms with Crippen molar-refractivity contribution in [2.45, 2.75) is 0 Å². The van der Waals surface area contributed by atoms with Gasteiger partial charge in [-0.15, -0.1) is 0 Å². The third-order valence-electron chi connectivity index (χ3n) is 3.65. The second kappa shape index (κ2) is 3.22. The summed E-state index contributed by atoms with van der Waals surface area (Å²) in [4.78, 5) is 13.7. The topological polar surface area (TPSA) is 60.8 Å². The Hall–Kier alpha value is -1.55. The summed E-state index contributed by atoms with van der Waals surface area (Å²) < 4.78 is 0. The first-order chi connectivity index (χ1) is 7.72. The Morgan fingerprint density at radius 2 is 2.00 bits per heavy atom. The molecule has 1 aliphatic heterocycles. The molecule has 1 aromatic rings. The Morgan fingerprint density at radius 1 is 1.31 bits per heavy atom. The molecule has 1 amide bonds. The second-order valence-electron chi connectivity index (χ2n) is 4.50. The van der Waals surface area contributed by atoms with Crippen molar-refractivity contribution in [3.8, 4) is 5.75 Å². The number of anilines is 1. The number of carbonyl (C=O) groups excluding carboxylic acids is 1. The molecule has 2 fully saturated rings. The number of phenolic OH excluding ortho intramolecular Hbond substituents is 1. The molecular weight excluding hydrogens is 206 g/mol. The number of hydrogen-bond acceptors (Lipinski definition) is 3. The van der Waals surface area contributed by atoms with Crippen LogP contribution < -0.4 is 4.90 Å². The Labute approximate surface area is 93.1 Å². The van der Waals surface area contributed by atoms with Gasteiger partial charge in [-0.1, -0.05) is 0 Å². The monoisotopic (exact) mass is 219 g/mol. The number of aliphatic hydroxyl groups is 1. The molecule has 1 aliphatic carbocycles. The van der Waals surface area contributed by atoms with Crippen LogP contribution in [0.4, 0.5) is 5.69 Å². The van der Waals surface area contributed by atoms with Crippen LogP contribution in [-0.4, -0.2) is 29.3 Å². The molecule has 1 heterocycles. The van der Waals surface area contributed by atoms with E-state index in [2.05, 4.69) is 0 Å². The standard InChI is InChI=1S/C12H13NO3/c14-6-10-9-5-13(12(16)11(9)10)7-1-3-8(15)4-2-7/h1-4,9-11,14-15H,5-6H2. The number of piperidine rings is 1. The third kappa shape index (κ3) is 1.23. The highest BCUT2D eigenvalue weighted by molar-refractivity contribution is 6.00. The van der Waals surface area contributed by atoms with Crippen LogP contribution in [0, 0.1) is 17.8 Å². The molecule has 4 nitrogen and oxygen atoms in total. The predicted octanol–water partition coefficient (Wildman–Crippen LogP) is 0.593. The van der Waals surface area contributed by atoms with Gasteiger partial charge in [0.15, 0.2) is 0 Å². The number of carbonyl (C=O) groups is 1. The lowest BCUT2D eigenvalue weighted by Crippen LogP contribution is -2.30. The Balaban J connectivity index is 1.80. The van der Waals surface area contributed by atoms with E-state index in [1.165, 1.54) is 0 Å². The van der Waals surface area contributed by atoms with E-state index in [4.69, 9.17) is 10.2 Å². The van der Waals surface area contributed by atoms with Gasteiger partial charge in [-0.25, -0.2) is 0 Å². The Bertz CT molecular complexity index is 428. The van der Waals surface area contributed by atoms with E-state index in [-0.39, 0.29) is 30.1 Å². The summed E-state index contributed by atoms with van der Waals surface area (Å²) >= 11 is 0. The lowest BCUT2D eigenvalue weighted by Gasteiger charge is -2.19. The first-order valence-electron chi connectivity index (χ1n) is 5.43. The van der Waals surface area contributed by atoms with E-state index in [0.29, 0.717) is 12.5 Å². The minimum absolute atomic E-state index is 0.0267. The SMILES string of the molecule is O=C1C2C(CO)C2CN1c1ccc(O)cc1. The number of amides is 1. The maximum Gasteiger partial charge on any atom is 0.230 e. The zero-order valence-electron chi connectivity index (χ0n) is 8.71. The minimum atomic E-state index is 0.0267. The van der Waals surface area contributed by atoms with Crippen molar-refractivity contribution in [3.63, 3.8) is 0 Å². The van der Waals surface area contributed by atoms with Gasteiger partial charge in [0.1, 0.15) is 5.75 Å². The largest absolute Gasteiger partial charge is 0.508 e. The van der Waals surface area contributed by atoms with Gasteiger partial charge in [0, 0.05) is 24.8 Å². The summed E-state index contributed by atoms with van der Waals surface area (Å²) in [7, 11) is 0. The first kappa shape index (κ1) is 9.66. The van der Waals surface area contributed by atoms with Crippen LogP contribution in [0.25, 0.3) is 0 Å². The molecule has 16 heavy (non-hydrogen) atoms. The maximum atomic E-state index is 12.0. The summed E-state index contributed by atoms with van der Waals surface area (Å²) in [6, 6.07) is 6.64. The summed E-state index contributed by atoms with van der Waals surface area (Å²) in [5.41, 5.74) is 0.826. The van der Waals surface area contributed by atoms with E-state index < -0.39 is 0 Å². The molecule has 84 valence electrons. The molecule has 0 spiro atoms. The number of aromatic hydroxyl groups is 1. The van der Waals surface area contributed by atoms with E-state index >= 15 is 0 Å². The first-order valence-corrected chi connectivity index (χ1v) is 5.43. The molecule has 1 saturated heterocycles. The van der Waals surface area contributed by atoms with Crippen LogP contribution in [0.15, 0.2) is 24.3 Å². The summed E-state index contributed by atoms with van der Waals surface area (Å²) in [5.74, 6) is 0.842. The van der Waals surface area contributed by atoms with Crippen LogP contribution >= 0.6 is 0 Å². The average molecular weight is 219 g/mol. The van der Waals surface area contributed by atoms with Gasteiger partial charge in [-0.3, -0.25) is 4.79 Å². The third-order valence-corrected chi connectivity index (χ3v) is 3.65. The van der Waals surface area contributed by atoms with Crippen LogP contribution in [0.2, 0.25) is 0 Å². The highest BCUT2D eigenvalue weighted by Gasteiger charge is 2.61. The Kier molecular flexibility index (Phi) is 1.94. The second-order valence-corrected chi connectivity index (χ2v) is 4.50. The number of benzene rings is 1.